The molecule has 1 aromatic carbocycles. The molecule has 1 aromatic heterocycles. The van der Waals surface area contributed by atoms with E-state index in [4.69, 9.17) is 4.74 Å². The SMILES string of the molecule is CC(C)(F)CN1CCC(c2nc(COc3ccc(/C=C4\CC(=O)NC4=O)cc3F)cs2)CC1. The number of carbonyl (C=O) groups is 2. The average molecular weight is 476 g/mol. The first kappa shape index (κ1) is 23.5. The van der Waals surface area contributed by atoms with E-state index in [9.17, 15) is 18.4 Å². The van der Waals surface area contributed by atoms with Gasteiger partial charge in [-0.2, -0.15) is 0 Å². The van der Waals surface area contributed by atoms with Crippen LogP contribution in [0.3, 0.4) is 0 Å². The monoisotopic (exact) mass is 475 g/mol. The molecule has 3 heterocycles. The van der Waals surface area contributed by atoms with Crippen molar-refractivity contribution in [3.8, 4) is 5.75 Å². The predicted octanol–water partition coefficient (Wildman–Crippen LogP) is 4.22. The number of hydrogen-bond acceptors (Lipinski definition) is 6. The van der Waals surface area contributed by atoms with E-state index in [1.807, 2.05) is 5.38 Å². The number of nitrogens with zero attached hydrogens (tertiary/aromatic N) is 2. The molecule has 0 spiro atoms. The van der Waals surface area contributed by atoms with Gasteiger partial charge in [0.05, 0.1) is 17.1 Å². The maximum absolute atomic E-state index is 14.5. The number of thiazole rings is 1. The standard InChI is InChI=1S/C24H27F2N3O3S/c1-24(2,26)14-29-7-5-16(6-8-29)23-27-18(13-33-23)12-32-20-4-3-15(10-19(20)25)9-17-11-21(30)28-22(17)31/h3-4,9-10,13,16H,5-8,11-12,14H2,1-2H3,(H,28,30,31)/b17-9+. The van der Waals surface area contributed by atoms with E-state index in [0.29, 0.717) is 23.6 Å². The van der Waals surface area contributed by atoms with Crippen LogP contribution in [0.1, 0.15) is 55.3 Å². The number of benzene rings is 1. The molecule has 2 aliphatic heterocycles. The maximum atomic E-state index is 14.5. The van der Waals surface area contributed by atoms with E-state index >= 15 is 0 Å². The van der Waals surface area contributed by atoms with Crippen LogP contribution in [-0.4, -0.2) is 47.0 Å². The van der Waals surface area contributed by atoms with Crippen molar-refractivity contribution in [1.29, 1.82) is 0 Å². The van der Waals surface area contributed by atoms with Crippen LogP contribution in [0.5, 0.6) is 5.75 Å². The molecule has 0 radical (unpaired) electrons. The van der Waals surface area contributed by atoms with Gasteiger partial charge in [-0.3, -0.25) is 14.9 Å². The minimum atomic E-state index is -1.19. The zero-order valence-electron chi connectivity index (χ0n) is 18.7. The smallest absolute Gasteiger partial charge is 0.254 e. The Morgan fingerprint density at radius 1 is 1.30 bits per heavy atom. The summed E-state index contributed by atoms with van der Waals surface area (Å²) in [6.07, 6.45) is 3.38. The predicted molar refractivity (Wildman–Crippen MR) is 122 cm³/mol. The third kappa shape index (κ3) is 6.23. The summed E-state index contributed by atoms with van der Waals surface area (Å²) < 4.78 is 34.0. The molecule has 2 fully saturated rings. The fourth-order valence-electron chi connectivity index (χ4n) is 4.14. The first-order chi connectivity index (χ1) is 15.7. The molecule has 0 atom stereocenters. The van der Waals surface area contributed by atoms with Crippen molar-refractivity contribution in [3.63, 3.8) is 0 Å². The van der Waals surface area contributed by atoms with Crippen LogP contribution >= 0.6 is 11.3 Å². The molecular formula is C24H27F2N3O3S. The number of alkyl halides is 1. The number of halogens is 2. The quantitative estimate of drug-likeness (QED) is 0.480. The highest BCUT2D eigenvalue weighted by atomic mass is 32.1. The van der Waals surface area contributed by atoms with Crippen molar-refractivity contribution in [2.45, 2.75) is 51.3 Å². The number of carbonyl (C=O) groups excluding carboxylic acids is 2. The average Bonchev–Trinajstić information content (AvgIpc) is 3.33. The van der Waals surface area contributed by atoms with Crippen LogP contribution in [0.4, 0.5) is 8.78 Å². The van der Waals surface area contributed by atoms with Gasteiger partial charge in [-0.05, 0) is 63.6 Å². The summed E-state index contributed by atoms with van der Waals surface area (Å²) >= 11 is 1.58. The molecule has 0 saturated carbocycles. The van der Waals surface area contributed by atoms with E-state index in [2.05, 4.69) is 15.2 Å². The fraction of sp³-hybridized carbons (Fsp3) is 0.458. The number of ether oxygens (including phenoxy) is 1. The molecule has 33 heavy (non-hydrogen) atoms. The van der Waals surface area contributed by atoms with E-state index < -0.39 is 17.4 Å². The maximum Gasteiger partial charge on any atom is 0.254 e. The number of hydrogen-bond donors (Lipinski definition) is 1. The van der Waals surface area contributed by atoms with Gasteiger partial charge in [0.2, 0.25) is 5.91 Å². The van der Waals surface area contributed by atoms with E-state index in [-0.39, 0.29) is 24.7 Å². The topological polar surface area (TPSA) is 71.5 Å². The van der Waals surface area contributed by atoms with Gasteiger partial charge in [0, 0.05) is 23.4 Å². The molecule has 9 heteroatoms. The minimum absolute atomic E-state index is 0.00226. The van der Waals surface area contributed by atoms with Crippen molar-refractivity contribution in [1.82, 2.24) is 15.2 Å². The van der Waals surface area contributed by atoms with Gasteiger partial charge in [-0.15, -0.1) is 11.3 Å². The van der Waals surface area contributed by atoms with Crippen LogP contribution in [-0.2, 0) is 16.2 Å². The Morgan fingerprint density at radius 3 is 2.70 bits per heavy atom. The van der Waals surface area contributed by atoms with Crippen molar-refractivity contribution in [2.24, 2.45) is 0 Å². The highest BCUT2D eigenvalue weighted by molar-refractivity contribution is 7.09. The lowest BCUT2D eigenvalue weighted by molar-refractivity contribution is -0.124. The molecule has 2 saturated heterocycles. The van der Waals surface area contributed by atoms with Gasteiger partial charge in [-0.1, -0.05) is 6.07 Å². The Labute approximate surface area is 195 Å². The van der Waals surface area contributed by atoms with Crippen molar-refractivity contribution >= 4 is 29.2 Å². The lowest BCUT2D eigenvalue weighted by Crippen LogP contribution is -2.40. The Bertz CT molecular complexity index is 1070. The lowest BCUT2D eigenvalue weighted by Gasteiger charge is -2.33. The molecule has 2 aromatic rings. The second-order valence-electron chi connectivity index (χ2n) is 9.15. The molecule has 4 rings (SSSR count). The number of rotatable bonds is 7. The third-order valence-electron chi connectivity index (χ3n) is 5.67. The molecule has 2 amide bonds. The molecule has 176 valence electrons. The first-order valence-electron chi connectivity index (χ1n) is 11.0. The first-order valence-corrected chi connectivity index (χ1v) is 11.9. The molecule has 0 bridgehead atoms. The van der Waals surface area contributed by atoms with Crippen LogP contribution in [0.2, 0.25) is 0 Å². The van der Waals surface area contributed by atoms with Gasteiger partial charge in [0.25, 0.3) is 5.91 Å². The van der Waals surface area contributed by atoms with Gasteiger partial charge in [0.1, 0.15) is 12.3 Å². The largest absolute Gasteiger partial charge is 0.484 e. The summed E-state index contributed by atoms with van der Waals surface area (Å²) in [7, 11) is 0. The number of piperidine rings is 1. The number of nitrogens with one attached hydrogen (secondary N) is 1. The van der Waals surface area contributed by atoms with Crippen molar-refractivity contribution < 1.29 is 23.1 Å². The van der Waals surface area contributed by atoms with Gasteiger partial charge < -0.3 is 9.64 Å². The van der Waals surface area contributed by atoms with Crippen molar-refractivity contribution in [2.75, 3.05) is 19.6 Å². The Kier molecular flexibility index (Phi) is 6.90. The fourth-order valence-corrected chi connectivity index (χ4v) is 5.12. The van der Waals surface area contributed by atoms with Crippen molar-refractivity contribution in [3.05, 3.63) is 51.2 Å². The Morgan fingerprint density at radius 2 is 2.06 bits per heavy atom. The second kappa shape index (κ2) is 9.69. The van der Waals surface area contributed by atoms with Gasteiger partial charge in [0.15, 0.2) is 11.6 Å². The number of amides is 2. The number of aromatic nitrogens is 1. The van der Waals surface area contributed by atoms with Crippen LogP contribution in [0.15, 0.2) is 29.2 Å². The summed E-state index contributed by atoms with van der Waals surface area (Å²) in [4.78, 5) is 29.8. The zero-order chi connectivity index (χ0) is 23.6. The lowest BCUT2D eigenvalue weighted by atomic mass is 9.96. The molecule has 2 aliphatic rings. The number of likely N-dealkylation sites (tertiary alicyclic amines) is 1. The Hall–Kier alpha value is -2.65. The Balaban J connectivity index is 1.31. The summed E-state index contributed by atoms with van der Waals surface area (Å²) in [6, 6.07) is 4.42. The molecule has 1 N–H and O–H groups in total. The molecule has 0 aliphatic carbocycles. The highest BCUT2D eigenvalue weighted by Gasteiger charge is 2.27. The summed E-state index contributed by atoms with van der Waals surface area (Å²) in [5.41, 5.74) is 0.349. The summed E-state index contributed by atoms with van der Waals surface area (Å²) in [5, 5.41) is 5.17. The van der Waals surface area contributed by atoms with E-state index in [0.717, 1.165) is 36.6 Å². The van der Waals surface area contributed by atoms with Crippen LogP contribution in [0, 0.1) is 5.82 Å². The molecular weight excluding hydrogens is 448 g/mol. The van der Waals surface area contributed by atoms with Crippen LogP contribution in [0.25, 0.3) is 6.08 Å². The highest BCUT2D eigenvalue weighted by Crippen LogP contribution is 2.31. The zero-order valence-corrected chi connectivity index (χ0v) is 19.5. The summed E-state index contributed by atoms with van der Waals surface area (Å²) in [5.74, 6) is -0.902. The minimum Gasteiger partial charge on any atom is -0.484 e. The van der Waals surface area contributed by atoms with Gasteiger partial charge in [-0.25, -0.2) is 13.8 Å². The van der Waals surface area contributed by atoms with E-state index in [1.165, 1.54) is 18.2 Å². The molecule has 0 unspecified atom stereocenters. The van der Waals surface area contributed by atoms with Crippen LogP contribution < -0.4 is 10.1 Å². The second-order valence-corrected chi connectivity index (χ2v) is 10.0. The third-order valence-corrected chi connectivity index (χ3v) is 6.73. The van der Waals surface area contributed by atoms with Gasteiger partial charge >= 0.3 is 0 Å². The normalized spacial score (nSPS) is 19.3. The van der Waals surface area contributed by atoms with E-state index in [1.54, 1.807) is 31.3 Å². The number of imide groups is 1. The summed E-state index contributed by atoms with van der Waals surface area (Å²) in [6.45, 7) is 5.52. The molecule has 6 nitrogen and oxygen atoms in total.